The number of carbonyl (C=O) groups is 1. The van der Waals surface area contributed by atoms with Gasteiger partial charge in [0, 0.05) is 29.1 Å². The monoisotopic (exact) mass is 345 g/mol. The lowest BCUT2D eigenvalue weighted by molar-refractivity contribution is -0.117. The Hall–Kier alpha value is -2.14. The number of ether oxygens (including phenoxy) is 1. The third-order valence-corrected chi connectivity index (χ3v) is 5.37. The largest absolute Gasteiger partial charge is 0.494 e. The summed E-state index contributed by atoms with van der Waals surface area (Å²) in [5, 5.41) is -0.593. The Morgan fingerprint density at radius 2 is 1.75 bits per heavy atom. The second kappa shape index (κ2) is 8.64. The summed E-state index contributed by atoms with van der Waals surface area (Å²) in [6.45, 7) is 4.17. The molecule has 0 unspecified atom stereocenters. The van der Waals surface area contributed by atoms with Gasteiger partial charge in [0.25, 0.3) is 0 Å². The molecule has 2 atom stereocenters. The SMILES string of the molecule is CCOc1ccccc1C[S@@](=O)[C@H](C)C(=O)N(C)c1ccccc1. The summed E-state index contributed by atoms with van der Waals surface area (Å²) in [6.07, 6.45) is 0. The van der Waals surface area contributed by atoms with Gasteiger partial charge in [0.15, 0.2) is 0 Å². The number of amides is 1. The van der Waals surface area contributed by atoms with E-state index in [0.29, 0.717) is 12.4 Å². The molecule has 2 aromatic rings. The predicted molar refractivity (Wildman–Crippen MR) is 98.8 cm³/mol. The summed E-state index contributed by atoms with van der Waals surface area (Å²) >= 11 is 0. The van der Waals surface area contributed by atoms with E-state index in [-0.39, 0.29) is 5.91 Å². The van der Waals surface area contributed by atoms with E-state index < -0.39 is 16.0 Å². The Bertz CT molecular complexity index is 703. The molecule has 1 amide bonds. The smallest absolute Gasteiger partial charge is 0.242 e. The quantitative estimate of drug-likeness (QED) is 0.773. The lowest BCUT2D eigenvalue weighted by atomic mass is 10.2. The van der Waals surface area contributed by atoms with Crippen LogP contribution in [-0.2, 0) is 21.3 Å². The molecule has 5 heteroatoms. The normalized spacial score (nSPS) is 13.1. The van der Waals surface area contributed by atoms with E-state index in [2.05, 4.69) is 0 Å². The van der Waals surface area contributed by atoms with Crippen LogP contribution in [0, 0.1) is 0 Å². The van der Waals surface area contributed by atoms with E-state index in [1.165, 1.54) is 0 Å². The Morgan fingerprint density at radius 1 is 1.12 bits per heavy atom. The van der Waals surface area contributed by atoms with Gasteiger partial charge >= 0.3 is 0 Å². The van der Waals surface area contributed by atoms with Gasteiger partial charge in [0.2, 0.25) is 5.91 Å². The number of para-hydroxylation sites is 2. The lowest BCUT2D eigenvalue weighted by Crippen LogP contribution is -2.37. The van der Waals surface area contributed by atoms with Crippen molar-refractivity contribution in [2.24, 2.45) is 0 Å². The molecule has 0 saturated carbocycles. The van der Waals surface area contributed by atoms with Gasteiger partial charge in [0.1, 0.15) is 11.0 Å². The fraction of sp³-hybridized carbons (Fsp3) is 0.316. The van der Waals surface area contributed by atoms with E-state index in [4.69, 9.17) is 4.74 Å². The summed E-state index contributed by atoms with van der Waals surface area (Å²) < 4.78 is 18.2. The van der Waals surface area contributed by atoms with Crippen molar-refractivity contribution in [1.82, 2.24) is 0 Å². The Balaban J connectivity index is 2.08. The first-order valence-corrected chi connectivity index (χ1v) is 9.33. The molecule has 0 heterocycles. The molecule has 4 nitrogen and oxygen atoms in total. The second-order valence-corrected chi connectivity index (χ2v) is 7.20. The van der Waals surface area contributed by atoms with E-state index in [9.17, 15) is 9.00 Å². The van der Waals surface area contributed by atoms with Crippen molar-refractivity contribution in [3.05, 3.63) is 60.2 Å². The summed E-state index contributed by atoms with van der Waals surface area (Å²) in [7, 11) is 0.383. The van der Waals surface area contributed by atoms with Crippen LogP contribution in [0.25, 0.3) is 0 Å². The van der Waals surface area contributed by atoms with Crippen LogP contribution < -0.4 is 9.64 Å². The molecule has 2 aromatic carbocycles. The highest BCUT2D eigenvalue weighted by Crippen LogP contribution is 2.22. The third-order valence-electron chi connectivity index (χ3n) is 3.79. The van der Waals surface area contributed by atoms with Crippen LogP contribution in [0.5, 0.6) is 5.75 Å². The molecule has 24 heavy (non-hydrogen) atoms. The topological polar surface area (TPSA) is 46.6 Å². The van der Waals surface area contributed by atoms with Crippen LogP contribution in [-0.4, -0.2) is 29.0 Å². The van der Waals surface area contributed by atoms with Crippen molar-refractivity contribution in [1.29, 1.82) is 0 Å². The molecule has 0 bridgehead atoms. The first-order chi connectivity index (χ1) is 11.5. The van der Waals surface area contributed by atoms with Gasteiger partial charge in [-0.25, -0.2) is 0 Å². The standard InChI is InChI=1S/C19H23NO3S/c1-4-23-18-13-9-8-10-16(18)14-24(22)15(2)19(21)20(3)17-11-6-5-7-12-17/h5-13,15H,4,14H2,1-3H3/t15-,24-/m1/s1. The Labute approximate surface area is 145 Å². The average molecular weight is 345 g/mol. The highest BCUT2D eigenvalue weighted by molar-refractivity contribution is 7.85. The van der Waals surface area contributed by atoms with Crippen molar-refractivity contribution < 1.29 is 13.7 Å². The van der Waals surface area contributed by atoms with Crippen molar-refractivity contribution in [3.8, 4) is 5.75 Å². The molecule has 0 aliphatic carbocycles. The fourth-order valence-corrected chi connectivity index (χ4v) is 3.54. The molecule has 0 spiro atoms. The van der Waals surface area contributed by atoms with E-state index in [0.717, 1.165) is 17.0 Å². The number of benzene rings is 2. The van der Waals surface area contributed by atoms with E-state index >= 15 is 0 Å². The highest BCUT2D eigenvalue weighted by Gasteiger charge is 2.25. The number of anilines is 1. The number of hydrogen-bond donors (Lipinski definition) is 0. The minimum Gasteiger partial charge on any atom is -0.494 e. The first-order valence-electron chi connectivity index (χ1n) is 7.95. The van der Waals surface area contributed by atoms with Crippen LogP contribution >= 0.6 is 0 Å². The molecule has 0 fully saturated rings. The Morgan fingerprint density at radius 3 is 2.42 bits per heavy atom. The molecule has 0 aliphatic rings. The zero-order valence-electron chi connectivity index (χ0n) is 14.3. The van der Waals surface area contributed by atoms with Crippen molar-refractivity contribution in [2.45, 2.75) is 24.9 Å². The molecule has 128 valence electrons. The van der Waals surface area contributed by atoms with Gasteiger partial charge in [-0.05, 0) is 32.0 Å². The number of carbonyl (C=O) groups excluding carboxylic acids is 1. The van der Waals surface area contributed by atoms with Crippen LogP contribution in [0.2, 0.25) is 0 Å². The minimum absolute atomic E-state index is 0.159. The molecule has 0 N–H and O–H groups in total. The van der Waals surface area contributed by atoms with Gasteiger partial charge in [-0.1, -0.05) is 36.4 Å². The molecule has 0 saturated heterocycles. The van der Waals surface area contributed by atoms with Crippen molar-refractivity contribution >= 4 is 22.4 Å². The number of hydrogen-bond acceptors (Lipinski definition) is 3. The van der Waals surface area contributed by atoms with Gasteiger partial charge < -0.3 is 9.64 Å². The molecule has 0 aliphatic heterocycles. The lowest BCUT2D eigenvalue weighted by Gasteiger charge is -2.21. The average Bonchev–Trinajstić information content (AvgIpc) is 2.62. The zero-order chi connectivity index (χ0) is 17.5. The fourth-order valence-electron chi connectivity index (χ4n) is 2.36. The summed E-state index contributed by atoms with van der Waals surface area (Å²) in [6, 6.07) is 16.9. The summed E-state index contributed by atoms with van der Waals surface area (Å²) in [4.78, 5) is 14.1. The van der Waals surface area contributed by atoms with Gasteiger partial charge in [0.05, 0.1) is 12.4 Å². The maximum Gasteiger partial charge on any atom is 0.242 e. The van der Waals surface area contributed by atoms with E-state index in [1.807, 2.05) is 61.5 Å². The van der Waals surface area contributed by atoms with Crippen molar-refractivity contribution in [3.63, 3.8) is 0 Å². The van der Waals surface area contributed by atoms with Crippen LogP contribution in [0.1, 0.15) is 19.4 Å². The third kappa shape index (κ3) is 4.45. The molecular weight excluding hydrogens is 322 g/mol. The minimum atomic E-state index is -1.33. The predicted octanol–water partition coefficient (Wildman–Crippen LogP) is 3.39. The summed E-state index contributed by atoms with van der Waals surface area (Å²) in [5.41, 5.74) is 1.65. The second-order valence-electron chi connectivity index (χ2n) is 5.44. The van der Waals surface area contributed by atoms with Crippen LogP contribution in [0.15, 0.2) is 54.6 Å². The van der Waals surface area contributed by atoms with Gasteiger partial charge in [-0.2, -0.15) is 0 Å². The highest BCUT2D eigenvalue weighted by atomic mass is 32.2. The molecule has 0 aromatic heterocycles. The zero-order valence-corrected chi connectivity index (χ0v) is 15.1. The molecule has 2 rings (SSSR count). The first kappa shape index (κ1) is 18.2. The molecule has 0 radical (unpaired) electrons. The van der Waals surface area contributed by atoms with Gasteiger partial charge in [-0.3, -0.25) is 9.00 Å². The van der Waals surface area contributed by atoms with Crippen molar-refractivity contribution in [2.75, 3.05) is 18.6 Å². The van der Waals surface area contributed by atoms with E-state index in [1.54, 1.807) is 18.9 Å². The number of rotatable bonds is 7. The maximum absolute atomic E-state index is 12.7. The molecular formula is C19H23NO3S. The maximum atomic E-state index is 12.7. The van der Waals surface area contributed by atoms with Crippen LogP contribution in [0.3, 0.4) is 0 Å². The Kier molecular flexibility index (Phi) is 6.55. The van der Waals surface area contributed by atoms with Gasteiger partial charge in [-0.15, -0.1) is 0 Å². The summed E-state index contributed by atoms with van der Waals surface area (Å²) in [5.74, 6) is 0.865. The number of nitrogens with zero attached hydrogens (tertiary/aromatic N) is 1. The van der Waals surface area contributed by atoms with Crippen LogP contribution in [0.4, 0.5) is 5.69 Å².